The third kappa shape index (κ3) is 3.30. The van der Waals surface area contributed by atoms with Gasteiger partial charge in [0.15, 0.2) is 11.6 Å². The second kappa shape index (κ2) is 6.16. The number of phenolic OH excluding ortho intramolecular Hbond substituents is 1. The molecule has 2 rings (SSSR count). The summed E-state index contributed by atoms with van der Waals surface area (Å²) in [6.45, 7) is 2.09. The summed E-state index contributed by atoms with van der Waals surface area (Å²) in [5.41, 5.74) is 0.578. The molecule has 1 aromatic heterocycles. The molecule has 0 bridgehead atoms. The van der Waals surface area contributed by atoms with Crippen molar-refractivity contribution < 1.29 is 9.50 Å². The SMILES string of the molecule is Oc1c(F)cccc1CNCCCn1cccn1. The van der Waals surface area contributed by atoms with Gasteiger partial charge in [-0.25, -0.2) is 4.39 Å². The van der Waals surface area contributed by atoms with E-state index in [-0.39, 0.29) is 5.75 Å². The molecule has 2 aromatic rings. The Balaban J connectivity index is 1.70. The number of aromatic nitrogens is 2. The lowest BCUT2D eigenvalue weighted by atomic mass is 10.2. The van der Waals surface area contributed by atoms with Crippen LogP contribution in [0, 0.1) is 5.82 Å². The molecule has 0 aliphatic heterocycles. The number of benzene rings is 1. The first-order valence-electron chi connectivity index (χ1n) is 5.92. The predicted octanol–water partition coefficient (Wildman–Crippen LogP) is 1.91. The Morgan fingerprint density at radius 2 is 2.22 bits per heavy atom. The molecule has 0 saturated heterocycles. The minimum absolute atomic E-state index is 0.267. The van der Waals surface area contributed by atoms with Crippen LogP contribution in [0.1, 0.15) is 12.0 Å². The first kappa shape index (κ1) is 12.6. The van der Waals surface area contributed by atoms with E-state index in [4.69, 9.17) is 0 Å². The van der Waals surface area contributed by atoms with Crippen LogP contribution in [0.3, 0.4) is 0 Å². The third-order valence-electron chi connectivity index (χ3n) is 2.69. The Hall–Kier alpha value is -1.88. The van der Waals surface area contributed by atoms with Gasteiger partial charge in [-0.2, -0.15) is 5.10 Å². The second-order valence-corrected chi connectivity index (χ2v) is 4.05. The van der Waals surface area contributed by atoms with Gasteiger partial charge in [0.2, 0.25) is 0 Å². The molecule has 0 aliphatic rings. The molecule has 96 valence electrons. The van der Waals surface area contributed by atoms with Crippen LogP contribution >= 0.6 is 0 Å². The van der Waals surface area contributed by atoms with Gasteiger partial charge in [-0.15, -0.1) is 0 Å². The van der Waals surface area contributed by atoms with Crippen molar-refractivity contribution in [1.82, 2.24) is 15.1 Å². The molecule has 0 atom stereocenters. The van der Waals surface area contributed by atoms with Crippen LogP contribution in [0.15, 0.2) is 36.7 Å². The monoisotopic (exact) mass is 249 g/mol. The van der Waals surface area contributed by atoms with Crippen molar-refractivity contribution >= 4 is 0 Å². The van der Waals surface area contributed by atoms with Crippen LogP contribution in [0.4, 0.5) is 4.39 Å². The highest BCUT2D eigenvalue weighted by molar-refractivity contribution is 5.33. The molecule has 0 amide bonds. The highest BCUT2D eigenvalue weighted by atomic mass is 19.1. The van der Waals surface area contributed by atoms with E-state index in [2.05, 4.69) is 10.4 Å². The average molecular weight is 249 g/mol. The van der Waals surface area contributed by atoms with E-state index in [1.54, 1.807) is 18.3 Å². The molecule has 0 spiro atoms. The zero-order chi connectivity index (χ0) is 12.8. The lowest BCUT2D eigenvalue weighted by molar-refractivity contribution is 0.422. The zero-order valence-corrected chi connectivity index (χ0v) is 10.0. The van der Waals surface area contributed by atoms with Crippen molar-refractivity contribution in [3.8, 4) is 5.75 Å². The summed E-state index contributed by atoms with van der Waals surface area (Å²) < 4.78 is 14.9. The fraction of sp³-hybridized carbons (Fsp3) is 0.308. The molecule has 0 unspecified atom stereocenters. The summed E-state index contributed by atoms with van der Waals surface area (Å²) in [7, 11) is 0. The van der Waals surface area contributed by atoms with E-state index < -0.39 is 5.82 Å². The maximum atomic E-state index is 13.1. The molecule has 0 fully saturated rings. The van der Waals surface area contributed by atoms with E-state index in [1.165, 1.54) is 6.07 Å². The van der Waals surface area contributed by atoms with Crippen LogP contribution in [0.25, 0.3) is 0 Å². The third-order valence-corrected chi connectivity index (χ3v) is 2.69. The van der Waals surface area contributed by atoms with Crippen molar-refractivity contribution in [3.63, 3.8) is 0 Å². The molecule has 0 radical (unpaired) electrons. The number of aryl methyl sites for hydroxylation is 1. The maximum absolute atomic E-state index is 13.1. The van der Waals surface area contributed by atoms with Gasteiger partial charge >= 0.3 is 0 Å². The van der Waals surface area contributed by atoms with Crippen LogP contribution in [-0.2, 0) is 13.1 Å². The lowest BCUT2D eigenvalue weighted by Crippen LogP contribution is -2.16. The molecule has 0 aliphatic carbocycles. The number of nitrogens with one attached hydrogen (secondary N) is 1. The first-order chi connectivity index (χ1) is 8.77. The van der Waals surface area contributed by atoms with Crippen LogP contribution in [0.2, 0.25) is 0 Å². The van der Waals surface area contributed by atoms with E-state index in [0.717, 1.165) is 19.5 Å². The summed E-state index contributed by atoms with van der Waals surface area (Å²) >= 11 is 0. The smallest absolute Gasteiger partial charge is 0.165 e. The number of phenols is 1. The maximum Gasteiger partial charge on any atom is 0.165 e. The Morgan fingerprint density at radius 3 is 3.00 bits per heavy atom. The normalized spacial score (nSPS) is 10.7. The quantitative estimate of drug-likeness (QED) is 0.769. The molecule has 5 heteroatoms. The Morgan fingerprint density at radius 1 is 1.33 bits per heavy atom. The van der Waals surface area contributed by atoms with Gasteiger partial charge in [0.1, 0.15) is 0 Å². The first-order valence-corrected chi connectivity index (χ1v) is 5.92. The van der Waals surface area contributed by atoms with Gasteiger partial charge < -0.3 is 10.4 Å². The molecule has 0 saturated carbocycles. The van der Waals surface area contributed by atoms with Gasteiger partial charge in [-0.3, -0.25) is 4.68 Å². The summed E-state index contributed by atoms with van der Waals surface area (Å²) in [6.07, 6.45) is 4.59. The van der Waals surface area contributed by atoms with Crippen LogP contribution < -0.4 is 5.32 Å². The van der Waals surface area contributed by atoms with E-state index in [0.29, 0.717) is 12.1 Å². The van der Waals surface area contributed by atoms with Crippen molar-refractivity contribution in [2.45, 2.75) is 19.5 Å². The highest BCUT2D eigenvalue weighted by Crippen LogP contribution is 2.20. The summed E-state index contributed by atoms with van der Waals surface area (Å²) in [5.74, 6) is -0.845. The summed E-state index contributed by atoms with van der Waals surface area (Å²) in [4.78, 5) is 0. The van der Waals surface area contributed by atoms with Gasteiger partial charge in [0.05, 0.1) is 0 Å². The van der Waals surface area contributed by atoms with Gasteiger partial charge in [0.25, 0.3) is 0 Å². The van der Waals surface area contributed by atoms with Crippen molar-refractivity contribution in [1.29, 1.82) is 0 Å². The van der Waals surface area contributed by atoms with E-state index in [1.807, 2.05) is 16.9 Å². The zero-order valence-electron chi connectivity index (χ0n) is 10.0. The molecule has 1 aromatic carbocycles. The molecule has 4 nitrogen and oxygen atoms in total. The Kier molecular flexibility index (Phi) is 4.30. The largest absolute Gasteiger partial charge is 0.505 e. The highest BCUT2D eigenvalue weighted by Gasteiger charge is 2.05. The van der Waals surface area contributed by atoms with Crippen LogP contribution in [0.5, 0.6) is 5.75 Å². The fourth-order valence-corrected chi connectivity index (χ4v) is 1.72. The molecule has 18 heavy (non-hydrogen) atoms. The molecular formula is C13H16FN3O. The molecule has 1 heterocycles. The van der Waals surface area contributed by atoms with Crippen LogP contribution in [-0.4, -0.2) is 21.4 Å². The Bertz CT molecular complexity index is 485. The van der Waals surface area contributed by atoms with Gasteiger partial charge in [-0.1, -0.05) is 12.1 Å². The topological polar surface area (TPSA) is 50.1 Å². The number of hydrogen-bond donors (Lipinski definition) is 2. The summed E-state index contributed by atoms with van der Waals surface area (Å²) in [5, 5.41) is 16.7. The number of nitrogens with zero attached hydrogens (tertiary/aromatic N) is 2. The Labute approximate surface area is 105 Å². The average Bonchev–Trinajstić information content (AvgIpc) is 2.87. The second-order valence-electron chi connectivity index (χ2n) is 4.05. The van der Waals surface area contributed by atoms with Crippen molar-refractivity contribution in [3.05, 3.63) is 48.0 Å². The van der Waals surface area contributed by atoms with E-state index >= 15 is 0 Å². The van der Waals surface area contributed by atoms with Crippen molar-refractivity contribution in [2.24, 2.45) is 0 Å². The van der Waals surface area contributed by atoms with E-state index in [9.17, 15) is 9.50 Å². The number of aromatic hydroxyl groups is 1. The number of rotatable bonds is 6. The lowest BCUT2D eigenvalue weighted by Gasteiger charge is -2.07. The molecule has 2 N–H and O–H groups in total. The number of halogens is 1. The molecular weight excluding hydrogens is 233 g/mol. The number of para-hydroxylation sites is 1. The minimum Gasteiger partial charge on any atom is -0.505 e. The standard InChI is InChI=1S/C13H16FN3O/c14-12-5-1-4-11(13(12)18)10-15-6-2-8-17-9-3-7-16-17/h1,3-5,7,9,15,18H,2,6,8,10H2. The minimum atomic E-state index is -0.578. The van der Waals surface area contributed by atoms with Gasteiger partial charge in [0, 0.05) is 31.0 Å². The van der Waals surface area contributed by atoms with Crippen molar-refractivity contribution in [2.75, 3.05) is 6.54 Å². The fourth-order valence-electron chi connectivity index (χ4n) is 1.72. The summed E-state index contributed by atoms with van der Waals surface area (Å²) in [6, 6.07) is 6.43. The predicted molar refractivity (Wildman–Crippen MR) is 66.6 cm³/mol. The number of hydrogen-bond acceptors (Lipinski definition) is 3. The van der Waals surface area contributed by atoms with Gasteiger partial charge in [-0.05, 0) is 25.1 Å².